The Hall–Kier alpha value is -2.54. The molecule has 0 aliphatic carbocycles. The molecule has 116 valence electrons. The van der Waals surface area contributed by atoms with E-state index in [-0.39, 0.29) is 12.1 Å². The van der Waals surface area contributed by atoms with Crippen molar-refractivity contribution in [1.29, 1.82) is 0 Å². The second-order valence-electron chi connectivity index (χ2n) is 4.53. The molecule has 2 aromatic rings. The lowest BCUT2D eigenvalue weighted by Gasteiger charge is -2.13. The Morgan fingerprint density at radius 1 is 1.05 bits per heavy atom. The maximum atomic E-state index is 13.0. The van der Waals surface area contributed by atoms with Gasteiger partial charge in [0.05, 0.1) is 6.10 Å². The van der Waals surface area contributed by atoms with Gasteiger partial charge < -0.3 is 15.7 Å². The van der Waals surface area contributed by atoms with Gasteiger partial charge in [-0.15, -0.1) is 0 Å². The van der Waals surface area contributed by atoms with Crippen LogP contribution in [0.5, 0.6) is 0 Å². The van der Waals surface area contributed by atoms with Gasteiger partial charge in [0.15, 0.2) is 11.6 Å². The normalized spacial score (nSPS) is 11.8. The highest BCUT2D eigenvalue weighted by Crippen LogP contribution is 2.15. The van der Waals surface area contributed by atoms with Crippen LogP contribution in [-0.2, 0) is 0 Å². The molecule has 2 rings (SSSR count). The average molecular weight is 310 g/mol. The van der Waals surface area contributed by atoms with Gasteiger partial charge in [0.2, 0.25) is 0 Å². The minimum atomic E-state index is -1.19. The van der Waals surface area contributed by atoms with Gasteiger partial charge in [-0.05, 0) is 42.0 Å². The number of hydrogen-bond donors (Lipinski definition) is 3. The zero-order valence-electron chi connectivity index (χ0n) is 11.3. The molecule has 2 amide bonds. The summed E-state index contributed by atoms with van der Waals surface area (Å²) in [5, 5.41) is 14.6. The van der Waals surface area contributed by atoms with E-state index in [2.05, 4.69) is 10.6 Å². The van der Waals surface area contributed by atoms with Crippen LogP contribution in [0.1, 0.15) is 11.7 Å². The monoisotopic (exact) mass is 310 g/mol. The number of aliphatic hydroxyl groups is 1. The molecule has 0 radical (unpaired) electrons. The molecule has 7 heteroatoms. The predicted molar refractivity (Wildman–Crippen MR) is 74.7 cm³/mol. The third-order valence-corrected chi connectivity index (χ3v) is 2.89. The summed E-state index contributed by atoms with van der Waals surface area (Å²) in [6.07, 6.45) is -1.19. The molecule has 1 atom stereocenters. The number of carbonyl (C=O) groups is 1. The fourth-order valence-corrected chi connectivity index (χ4v) is 1.74. The van der Waals surface area contributed by atoms with Crippen LogP contribution in [0.3, 0.4) is 0 Å². The number of hydrogen-bond acceptors (Lipinski definition) is 2. The standard InChI is InChI=1S/C15H13F3N2O2/c16-10-2-4-11(5-3-10)20-15(22)19-8-14(21)9-1-6-12(17)13(18)7-9/h1-7,14,21H,8H2,(H2,19,20,22). The number of halogens is 3. The molecular formula is C15H13F3N2O2. The highest BCUT2D eigenvalue weighted by molar-refractivity contribution is 5.89. The van der Waals surface area contributed by atoms with Crippen molar-refractivity contribution in [2.75, 3.05) is 11.9 Å². The fourth-order valence-electron chi connectivity index (χ4n) is 1.74. The lowest BCUT2D eigenvalue weighted by atomic mass is 10.1. The van der Waals surface area contributed by atoms with E-state index in [1.54, 1.807) is 0 Å². The van der Waals surface area contributed by atoms with Crippen molar-refractivity contribution < 1.29 is 23.1 Å². The Morgan fingerprint density at radius 2 is 1.73 bits per heavy atom. The number of carbonyl (C=O) groups excluding carboxylic acids is 1. The Bertz CT molecular complexity index is 662. The zero-order chi connectivity index (χ0) is 16.1. The molecule has 2 aromatic carbocycles. The van der Waals surface area contributed by atoms with Crippen LogP contribution in [-0.4, -0.2) is 17.7 Å². The lowest BCUT2D eigenvalue weighted by Crippen LogP contribution is -2.32. The van der Waals surface area contributed by atoms with Crippen molar-refractivity contribution in [3.63, 3.8) is 0 Å². The zero-order valence-corrected chi connectivity index (χ0v) is 11.3. The molecule has 0 aliphatic rings. The summed E-state index contributed by atoms with van der Waals surface area (Å²) in [7, 11) is 0. The van der Waals surface area contributed by atoms with E-state index in [9.17, 15) is 23.1 Å². The smallest absolute Gasteiger partial charge is 0.319 e. The summed E-state index contributed by atoms with van der Waals surface area (Å²) in [5.41, 5.74) is 0.516. The van der Waals surface area contributed by atoms with Gasteiger partial charge in [-0.3, -0.25) is 0 Å². The summed E-state index contributed by atoms with van der Waals surface area (Å²) in [6.45, 7) is -0.196. The van der Waals surface area contributed by atoms with Crippen LogP contribution < -0.4 is 10.6 Å². The van der Waals surface area contributed by atoms with Crippen molar-refractivity contribution in [3.05, 3.63) is 65.5 Å². The second kappa shape index (κ2) is 6.95. The Labute approximate surface area is 124 Å². The number of benzene rings is 2. The summed E-state index contributed by atoms with van der Waals surface area (Å²) >= 11 is 0. The average Bonchev–Trinajstić information content (AvgIpc) is 2.50. The third-order valence-electron chi connectivity index (χ3n) is 2.89. The topological polar surface area (TPSA) is 61.4 Å². The van der Waals surface area contributed by atoms with Gasteiger partial charge in [-0.2, -0.15) is 0 Å². The molecule has 4 nitrogen and oxygen atoms in total. The first-order valence-electron chi connectivity index (χ1n) is 6.39. The van der Waals surface area contributed by atoms with E-state index >= 15 is 0 Å². The van der Waals surface area contributed by atoms with Crippen molar-refractivity contribution in [3.8, 4) is 0 Å². The first kappa shape index (κ1) is 15.8. The summed E-state index contributed by atoms with van der Waals surface area (Å²) in [5.74, 6) is -2.52. The Morgan fingerprint density at radius 3 is 2.36 bits per heavy atom. The van der Waals surface area contributed by atoms with Crippen LogP contribution in [0.2, 0.25) is 0 Å². The number of aliphatic hydroxyl groups excluding tert-OH is 1. The highest BCUT2D eigenvalue weighted by atomic mass is 19.2. The van der Waals surface area contributed by atoms with E-state index in [0.717, 1.165) is 12.1 Å². The van der Waals surface area contributed by atoms with Crippen molar-refractivity contribution in [2.45, 2.75) is 6.10 Å². The molecule has 0 aliphatic heterocycles. The molecule has 0 fully saturated rings. The van der Waals surface area contributed by atoms with E-state index in [1.165, 1.54) is 30.3 Å². The molecule has 0 saturated heterocycles. The molecule has 0 heterocycles. The number of anilines is 1. The first-order valence-corrected chi connectivity index (χ1v) is 6.39. The second-order valence-corrected chi connectivity index (χ2v) is 4.53. The van der Waals surface area contributed by atoms with E-state index < -0.39 is 29.6 Å². The van der Waals surface area contributed by atoms with Gasteiger partial charge in [0, 0.05) is 12.2 Å². The fraction of sp³-hybridized carbons (Fsp3) is 0.133. The van der Waals surface area contributed by atoms with E-state index in [1.807, 2.05) is 0 Å². The van der Waals surface area contributed by atoms with Gasteiger partial charge in [-0.25, -0.2) is 18.0 Å². The molecule has 0 aromatic heterocycles. The van der Waals surface area contributed by atoms with Gasteiger partial charge >= 0.3 is 6.03 Å². The molecule has 0 bridgehead atoms. The molecular weight excluding hydrogens is 297 g/mol. The van der Waals surface area contributed by atoms with Crippen LogP contribution >= 0.6 is 0 Å². The summed E-state index contributed by atoms with van der Waals surface area (Å²) < 4.78 is 38.5. The summed E-state index contributed by atoms with van der Waals surface area (Å²) in [4.78, 5) is 11.6. The van der Waals surface area contributed by atoms with Gasteiger partial charge in [-0.1, -0.05) is 6.07 Å². The number of urea groups is 1. The Kier molecular flexibility index (Phi) is 5.00. The van der Waals surface area contributed by atoms with Crippen LogP contribution in [0, 0.1) is 17.5 Å². The first-order chi connectivity index (χ1) is 10.5. The number of rotatable bonds is 4. The maximum Gasteiger partial charge on any atom is 0.319 e. The summed E-state index contributed by atoms with van der Waals surface area (Å²) in [6, 6.07) is 7.49. The van der Waals surface area contributed by atoms with Gasteiger partial charge in [0.1, 0.15) is 5.82 Å². The van der Waals surface area contributed by atoms with Crippen molar-refractivity contribution >= 4 is 11.7 Å². The molecule has 0 saturated carbocycles. The number of amides is 2. The maximum absolute atomic E-state index is 13.0. The quantitative estimate of drug-likeness (QED) is 0.813. The molecule has 22 heavy (non-hydrogen) atoms. The van der Waals surface area contributed by atoms with E-state index in [0.29, 0.717) is 5.69 Å². The minimum Gasteiger partial charge on any atom is -0.387 e. The van der Waals surface area contributed by atoms with Crippen LogP contribution in [0.4, 0.5) is 23.7 Å². The predicted octanol–water partition coefficient (Wildman–Crippen LogP) is 2.96. The highest BCUT2D eigenvalue weighted by Gasteiger charge is 2.12. The molecule has 0 spiro atoms. The third kappa shape index (κ3) is 4.23. The largest absolute Gasteiger partial charge is 0.387 e. The minimum absolute atomic E-state index is 0.140. The lowest BCUT2D eigenvalue weighted by molar-refractivity contribution is 0.174. The Balaban J connectivity index is 1.87. The van der Waals surface area contributed by atoms with Crippen molar-refractivity contribution in [1.82, 2.24) is 5.32 Å². The van der Waals surface area contributed by atoms with Gasteiger partial charge in [0.25, 0.3) is 0 Å². The van der Waals surface area contributed by atoms with Crippen LogP contribution in [0.15, 0.2) is 42.5 Å². The van der Waals surface area contributed by atoms with E-state index in [4.69, 9.17) is 0 Å². The van der Waals surface area contributed by atoms with Crippen molar-refractivity contribution in [2.24, 2.45) is 0 Å². The van der Waals surface area contributed by atoms with Crippen LogP contribution in [0.25, 0.3) is 0 Å². The SMILES string of the molecule is O=C(NCC(O)c1ccc(F)c(F)c1)Nc1ccc(F)cc1. The number of nitrogens with one attached hydrogen (secondary N) is 2. The molecule has 3 N–H and O–H groups in total. The molecule has 1 unspecified atom stereocenters.